The number of carbonyl (C=O) groups excluding carboxylic acids is 1. The van der Waals surface area contributed by atoms with Gasteiger partial charge in [0.2, 0.25) is 5.95 Å². The van der Waals surface area contributed by atoms with Gasteiger partial charge >= 0.3 is 24.5 Å². The summed E-state index contributed by atoms with van der Waals surface area (Å²) in [5.41, 5.74) is 0.537. The van der Waals surface area contributed by atoms with E-state index in [9.17, 15) is 31.1 Å². The molecule has 3 saturated heterocycles. The summed E-state index contributed by atoms with van der Waals surface area (Å²) in [7, 11) is 0. The zero-order valence-electron chi connectivity index (χ0n) is 21.2. The fourth-order valence-electron chi connectivity index (χ4n) is 5.56. The minimum Gasteiger partial charge on any atom is -0.445 e. The van der Waals surface area contributed by atoms with E-state index < -0.39 is 24.5 Å². The van der Waals surface area contributed by atoms with Crippen molar-refractivity contribution in [1.82, 2.24) is 29.8 Å². The van der Waals surface area contributed by atoms with Crippen LogP contribution < -0.4 is 15.4 Å². The summed E-state index contributed by atoms with van der Waals surface area (Å²) in [5, 5.41) is 10.5. The van der Waals surface area contributed by atoms with Crippen molar-refractivity contribution in [2.45, 2.75) is 94.6 Å². The number of amides is 1. The van der Waals surface area contributed by atoms with E-state index in [0.29, 0.717) is 24.9 Å². The standard InChI is InChI=1S/C23H29F6N7O3/c1-11(2)16-10-31-36-17(16)33-20(39-18(22(24,25)26)23(27,28)29)34-19(36)32-12-7-13-3-4-14(8-12)35(13)21(37)38-15-5-6-30-9-15/h10-15,18,30H,3-9H2,1-2H3,(H,32,33,34). The van der Waals surface area contributed by atoms with Gasteiger partial charge in [0.1, 0.15) is 6.10 Å². The van der Waals surface area contributed by atoms with E-state index in [-0.39, 0.29) is 47.8 Å². The number of alkyl halides is 6. The van der Waals surface area contributed by atoms with E-state index in [0.717, 1.165) is 25.8 Å². The number of piperidine rings is 1. The minimum absolute atomic E-state index is 0.0368. The zero-order chi connectivity index (χ0) is 28.1. The Labute approximate surface area is 219 Å². The zero-order valence-corrected chi connectivity index (χ0v) is 21.2. The first kappa shape index (κ1) is 27.5. The summed E-state index contributed by atoms with van der Waals surface area (Å²) >= 11 is 0. The van der Waals surface area contributed by atoms with Gasteiger partial charge in [-0.05, 0) is 44.6 Å². The predicted molar refractivity (Wildman–Crippen MR) is 124 cm³/mol. The molecule has 3 aliphatic heterocycles. The van der Waals surface area contributed by atoms with Gasteiger partial charge in [-0.2, -0.15) is 45.9 Å². The van der Waals surface area contributed by atoms with Crippen molar-refractivity contribution < 1.29 is 40.6 Å². The molecule has 0 radical (unpaired) electrons. The Morgan fingerprint density at radius 3 is 2.31 bits per heavy atom. The predicted octanol–water partition coefficient (Wildman–Crippen LogP) is 4.03. The second-order valence-corrected chi connectivity index (χ2v) is 10.5. The average Bonchev–Trinajstić information content (AvgIpc) is 3.54. The Kier molecular flexibility index (Phi) is 7.18. The second kappa shape index (κ2) is 10.2. The molecule has 5 heterocycles. The van der Waals surface area contributed by atoms with E-state index in [1.54, 1.807) is 18.7 Å². The quantitative estimate of drug-likeness (QED) is 0.506. The van der Waals surface area contributed by atoms with Crippen molar-refractivity contribution in [1.29, 1.82) is 0 Å². The first-order chi connectivity index (χ1) is 18.3. The summed E-state index contributed by atoms with van der Waals surface area (Å²) in [5.74, 6) is -0.276. The number of carbonyl (C=O) groups is 1. The average molecular weight is 566 g/mol. The molecule has 0 aromatic carbocycles. The lowest BCUT2D eigenvalue weighted by Crippen LogP contribution is -2.50. The molecule has 2 bridgehead atoms. The van der Waals surface area contributed by atoms with Crippen molar-refractivity contribution in [3.8, 4) is 6.01 Å². The molecule has 216 valence electrons. The van der Waals surface area contributed by atoms with E-state index in [4.69, 9.17) is 4.74 Å². The van der Waals surface area contributed by atoms with E-state index in [2.05, 4.69) is 30.4 Å². The molecule has 2 aromatic rings. The fourth-order valence-corrected chi connectivity index (χ4v) is 5.56. The highest BCUT2D eigenvalue weighted by Crippen LogP contribution is 2.39. The van der Waals surface area contributed by atoms with Gasteiger partial charge in [0.15, 0.2) is 5.65 Å². The smallest absolute Gasteiger partial charge is 0.434 e. The number of hydrogen-bond acceptors (Lipinski definition) is 8. The fraction of sp³-hybridized carbons (Fsp3) is 0.739. The molecule has 3 unspecified atom stereocenters. The van der Waals surface area contributed by atoms with Gasteiger partial charge in [-0.1, -0.05) is 13.8 Å². The summed E-state index contributed by atoms with van der Waals surface area (Å²) in [4.78, 5) is 22.3. The highest BCUT2D eigenvalue weighted by Gasteiger charge is 2.59. The molecule has 39 heavy (non-hydrogen) atoms. The van der Waals surface area contributed by atoms with E-state index in [1.165, 1.54) is 10.7 Å². The molecule has 5 rings (SSSR count). The van der Waals surface area contributed by atoms with Gasteiger partial charge in [-0.15, -0.1) is 0 Å². The molecule has 0 spiro atoms. The van der Waals surface area contributed by atoms with Gasteiger partial charge in [0.25, 0.3) is 6.10 Å². The maximum absolute atomic E-state index is 13.2. The molecule has 0 saturated carbocycles. The number of halogens is 6. The van der Waals surface area contributed by atoms with Crippen LogP contribution in [0.25, 0.3) is 5.65 Å². The van der Waals surface area contributed by atoms with E-state index >= 15 is 0 Å². The Morgan fingerprint density at radius 2 is 1.74 bits per heavy atom. The molecule has 1 amide bonds. The Bertz CT molecular complexity index is 1170. The molecule has 3 aliphatic rings. The van der Waals surface area contributed by atoms with Crippen LogP contribution >= 0.6 is 0 Å². The number of ether oxygens (including phenoxy) is 2. The number of aromatic nitrogens is 4. The topological polar surface area (TPSA) is 106 Å². The van der Waals surface area contributed by atoms with Crippen LogP contribution in [0, 0.1) is 0 Å². The van der Waals surface area contributed by atoms with Crippen LogP contribution in [-0.4, -0.2) is 86.4 Å². The number of rotatable bonds is 6. The van der Waals surface area contributed by atoms with Crippen LogP contribution in [-0.2, 0) is 4.74 Å². The maximum Gasteiger partial charge on any atom is 0.434 e. The number of hydrogen-bond donors (Lipinski definition) is 2. The van der Waals surface area contributed by atoms with Crippen LogP contribution in [0.5, 0.6) is 6.01 Å². The summed E-state index contributed by atoms with van der Waals surface area (Å²) in [6.45, 7) is 4.97. The molecule has 2 N–H and O–H groups in total. The van der Waals surface area contributed by atoms with Crippen LogP contribution in [0.2, 0.25) is 0 Å². The second-order valence-electron chi connectivity index (χ2n) is 10.5. The van der Waals surface area contributed by atoms with Crippen molar-refractivity contribution in [3.05, 3.63) is 11.8 Å². The van der Waals surface area contributed by atoms with Crippen LogP contribution in [0.3, 0.4) is 0 Å². The minimum atomic E-state index is -5.72. The third-order valence-electron chi connectivity index (χ3n) is 7.37. The lowest BCUT2D eigenvalue weighted by molar-refractivity contribution is -0.301. The van der Waals surface area contributed by atoms with Gasteiger partial charge in [-0.3, -0.25) is 0 Å². The molecule has 10 nitrogen and oxygen atoms in total. The lowest BCUT2D eigenvalue weighted by Gasteiger charge is -2.39. The third-order valence-corrected chi connectivity index (χ3v) is 7.37. The van der Waals surface area contributed by atoms with Crippen molar-refractivity contribution in [2.75, 3.05) is 18.4 Å². The Balaban J connectivity index is 1.38. The highest BCUT2D eigenvalue weighted by molar-refractivity contribution is 5.69. The van der Waals surface area contributed by atoms with Gasteiger partial charge in [-0.25, -0.2) is 4.79 Å². The van der Waals surface area contributed by atoms with Gasteiger partial charge in [0.05, 0.1) is 6.20 Å². The molecule has 16 heteroatoms. The number of nitrogens with one attached hydrogen (secondary N) is 2. The van der Waals surface area contributed by atoms with Crippen LogP contribution in [0.15, 0.2) is 6.20 Å². The monoisotopic (exact) mass is 565 g/mol. The molecule has 0 aliphatic carbocycles. The summed E-state index contributed by atoms with van der Waals surface area (Å²) in [6.07, 6.45) is -11.4. The third kappa shape index (κ3) is 5.65. The molecule has 3 atom stereocenters. The molecular formula is C23H29F6N7O3. The molecule has 2 aromatic heterocycles. The van der Waals surface area contributed by atoms with E-state index in [1.807, 2.05) is 0 Å². The van der Waals surface area contributed by atoms with Crippen molar-refractivity contribution in [3.63, 3.8) is 0 Å². The first-order valence-corrected chi connectivity index (χ1v) is 12.8. The normalized spacial score (nSPS) is 25.6. The number of fused-ring (bicyclic) bond motifs is 3. The van der Waals surface area contributed by atoms with Gasteiger partial charge < -0.3 is 25.0 Å². The van der Waals surface area contributed by atoms with Gasteiger partial charge in [0, 0.05) is 30.2 Å². The van der Waals surface area contributed by atoms with Crippen LogP contribution in [0.1, 0.15) is 57.4 Å². The Morgan fingerprint density at radius 1 is 1.08 bits per heavy atom. The Hall–Kier alpha value is -3.04. The van der Waals surface area contributed by atoms with Crippen molar-refractivity contribution >= 4 is 17.7 Å². The largest absolute Gasteiger partial charge is 0.445 e. The van der Waals surface area contributed by atoms with Crippen molar-refractivity contribution in [2.24, 2.45) is 0 Å². The first-order valence-electron chi connectivity index (χ1n) is 12.8. The maximum atomic E-state index is 13.2. The SMILES string of the molecule is CC(C)c1cnn2c(NC3CC4CCC(C3)N4C(=O)OC3CCNC3)nc(OC(C(F)(F)F)C(F)(F)F)nc12. The number of nitrogens with zero attached hydrogens (tertiary/aromatic N) is 5. The van der Waals surface area contributed by atoms with Crippen LogP contribution in [0.4, 0.5) is 37.1 Å². The molecular weight excluding hydrogens is 536 g/mol. The lowest BCUT2D eigenvalue weighted by atomic mass is 9.98. The summed E-state index contributed by atoms with van der Waals surface area (Å²) < 4.78 is 90.3. The number of anilines is 1. The highest BCUT2D eigenvalue weighted by atomic mass is 19.4. The molecule has 3 fully saturated rings. The summed E-state index contributed by atoms with van der Waals surface area (Å²) in [6, 6.07) is -1.60.